The van der Waals surface area contributed by atoms with Crippen molar-refractivity contribution in [3.05, 3.63) is 68.4 Å². The molecule has 124 valence electrons. The van der Waals surface area contributed by atoms with Crippen molar-refractivity contribution < 1.29 is 9.21 Å². The van der Waals surface area contributed by atoms with Crippen molar-refractivity contribution >= 4 is 28.6 Å². The Bertz CT molecular complexity index is 793. The van der Waals surface area contributed by atoms with E-state index in [4.69, 9.17) is 4.42 Å². The molecule has 4 rings (SSSR count). The van der Waals surface area contributed by atoms with Gasteiger partial charge in [-0.1, -0.05) is 6.07 Å². The van der Waals surface area contributed by atoms with E-state index < -0.39 is 0 Å². The second kappa shape index (κ2) is 6.93. The molecule has 0 saturated heterocycles. The Kier molecular flexibility index (Phi) is 4.51. The highest BCUT2D eigenvalue weighted by Gasteiger charge is 2.31. The summed E-state index contributed by atoms with van der Waals surface area (Å²) in [5.74, 6) is 0.809. The zero-order chi connectivity index (χ0) is 16.4. The molecule has 4 nitrogen and oxygen atoms in total. The lowest BCUT2D eigenvalue weighted by atomic mass is 9.98. The Labute approximate surface area is 148 Å². The van der Waals surface area contributed by atoms with Crippen LogP contribution in [0.5, 0.6) is 0 Å². The summed E-state index contributed by atoms with van der Waals surface area (Å²) < 4.78 is 5.26. The van der Waals surface area contributed by atoms with Gasteiger partial charge in [0.15, 0.2) is 0 Å². The lowest BCUT2D eigenvalue weighted by Crippen LogP contribution is -2.42. The zero-order valence-electron chi connectivity index (χ0n) is 13.1. The summed E-state index contributed by atoms with van der Waals surface area (Å²) in [4.78, 5) is 17.4. The molecular formula is C18H18N2O2S2. The molecule has 1 aliphatic rings. The second-order valence-electron chi connectivity index (χ2n) is 5.79. The first-order chi connectivity index (χ1) is 11.8. The first-order valence-electron chi connectivity index (χ1n) is 7.94. The lowest BCUT2D eigenvalue weighted by molar-refractivity contribution is -0.123. The summed E-state index contributed by atoms with van der Waals surface area (Å²) in [5.41, 5.74) is 1.35. The molecule has 3 aromatic rings. The molecule has 0 saturated carbocycles. The number of carbonyl (C=O) groups excluding carboxylic acids is 1. The minimum Gasteiger partial charge on any atom is -0.467 e. The van der Waals surface area contributed by atoms with Crippen LogP contribution in [0.1, 0.15) is 27.1 Å². The first kappa shape index (κ1) is 15.6. The highest BCUT2D eigenvalue weighted by atomic mass is 32.1. The zero-order valence-corrected chi connectivity index (χ0v) is 14.7. The smallest absolute Gasteiger partial charge is 0.234 e. The number of carbonyl (C=O) groups is 1. The van der Waals surface area contributed by atoms with Gasteiger partial charge < -0.3 is 9.73 Å². The van der Waals surface area contributed by atoms with Crippen molar-refractivity contribution in [2.75, 3.05) is 13.1 Å². The van der Waals surface area contributed by atoms with E-state index in [0.717, 1.165) is 18.7 Å². The SMILES string of the molecule is O=C(CN1CCc2sccc2C1c1cccs1)NCc1ccco1. The van der Waals surface area contributed by atoms with Gasteiger partial charge in [0, 0.05) is 16.3 Å². The molecule has 1 unspecified atom stereocenters. The molecule has 0 aliphatic carbocycles. The highest BCUT2D eigenvalue weighted by Crippen LogP contribution is 2.39. The van der Waals surface area contributed by atoms with Gasteiger partial charge in [0.05, 0.1) is 25.4 Å². The molecule has 1 N–H and O–H groups in total. The van der Waals surface area contributed by atoms with Crippen molar-refractivity contribution in [1.29, 1.82) is 0 Å². The standard InChI is InChI=1S/C18H18N2O2S2/c21-17(19-11-13-3-1-8-22-13)12-20-7-5-15-14(6-10-24-15)18(20)16-4-2-9-23-16/h1-4,6,8-10,18H,5,7,11-12H2,(H,19,21). The maximum Gasteiger partial charge on any atom is 0.234 e. The molecule has 0 radical (unpaired) electrons. The quantitative estimate of drug-likeness (QED) is 0.757. The van der Waals surface area contributed by atoms with Crippen molar-refractivity contribution in [2.24, 2.45) is 0 Å². The number of fused-ring (bicyclic) bond motifs is 1. The molecule has 1 aliphatic heterocycles. The van der Waals surface area contributed by atoms with E-state index in [0.29, 0.717) is 13.1 Å². The van der Waals surface area contributed by atoms with Crippen LogP contribution in [0.25, 0.3) is 0 Å². The van der Waals surface area contributed by atoms with Gasteiger partial charge in [-0.2, -0.15) is 0 Å². The highest BCUT2D eigenvalue weighted by molar-refractivity contribution is 7.10. The fourth-order valence-corrected chi connectivity index (χ4v) is 4.94. The van der Waals surface area contributed by atoms with Crippen LogP contribution < -0.4 is 5.32 Å². The van der Waals surface area contributed by atoms with Crippen molar-refractivity contribution in [3.8, 4) is 0 Å². The topological polar surface area (TPSA) is 45.5 Å². The van der Waals surface area contributed by atoms with Crippen LogP contribution in [-0.2, 0) is 17.8 Å². The fraction of sp³-hybridized carbons (Fsp3) is 0.278. The summed E-state index contributed by atoms with van der Waals surface area (Å²) in [6.07, 6.45) is 2.64. The van der Waals surface area contributed by atoms with Gasteiger partial charge in [-0.05, 0) is 47.0 Å². The van der Waals surface area contributed by atoms with Crippen LogP contribution in [-0.4, -0.2) is 23.9 Å². The van der Waals surface area contributed by atoms with E-state index >= 15 is 0 Å². The molecular weight excluding hydrogens is 340 g/mol. The average Bonchev–Trinajstić information content (AvgIpc) is 3.33. The predicted octanol–water partition coefficient (Wildman–Crippen LogP) is 3.67. The third-order valence-corrected chi connectivity index (χ3v) is 6.19. The van der Waals surface area contributed by atoms with Crippen LogP contribution in [0.2, 0.25) is 0 Å². The van der Waals surface area contributed by atoms with E-state index in [1.54, 1.807) is 17.6 Å². The molecule has 24 heavy (non-hydrogen) atoms. The van der Waals surface area contributed by atoms with Crippen molar-refractivity contribution in [2.45, 2.75) is 19.0 Å². The Morgan fingerprint density at radius 1 is 1.25 bits per heavy atom. The number of nitrogens with zero attached hydrogens (tertiary/aromatic N) is 1. The molecule has 1 amide bonds. The van der Waals surface area contributed by atoms with Gasteiger partial charge >= 0.3 is 0 Å². The molecule has 6 heteroatoms. The van der Waals surface area contributed by atoms with E-state index in [-0.39, 0.29) is 11.9 Å². The number of amides is 1. The predicted molar refractivity (Wildman–Crippen MR) is 96.3 cm³/mol. The summed E-state index contributed by atoms with van der Waals surface area (Å²) in [6.45, 7) is 1.75. The van der Waals surface area contributed by atoms with Gasteiger partial charge in [-0.3, -0.25) is 9.69 Å². The average molecular weight is 358 g/mol. The summed E-state index contributed by atoms with van der Waals surface area (Å²) >= 11 is 3.58. The summed E-state index contributed by atoms with van der Waals surface area (Å²) in [6, 6.07) is 10.3. The minimum atomic E-state index is 0.0339. The molecule has 1 atom stereocenters. The maximum atomic E-state index is 12.4. The third-order valence-electron chi connectivity index (χ3n) is 4.26. The Morgan fingerprint density at radius 3 is 3.00 bits per heavy atom. The van der Waals surface area contributed by atoms with E-state index in [9.17, 15) is 4.79 Å². The van der Waals surface area contributed by atoms with Crippen molar-refractivity contribution in [1.82, 2.24) is 10.2 Å². The van der Waals surface area contributed by atoms with Gasteiger partial charge in [0.2, 0.25) is 5.91 Å². The minimum absolute atomic E-state index is 0.0339. The fourth-order valence-electron chi connectivity index (χ4n) is 3.16. The molecule has 0 bridgehead atoms. The summed E-state index contributed by atoms with van der Waals surface area (Å²) in [7, 11) is 0. The molecule has 3 aromatic heterocycles. The monoisotopic (exact) mass is 358 g/mol. The van der Waals surface area contributed by atoms with Crippen LogP contribution >= 0.6 is 22.7 Å². The van der Waals surface area contributed by atoms with E-state index in [1.165, 1.54) is 15.3 Å². The van der Waals surface area contributed by atoms with Gasteiger partial charge in [-0.25, -0.2) is 0 Å². The van der Waals surface area contributed by atoms with Gasteiger partial charge in [-0.15, -0.1) is 22.7 Å². The van der Waals surface area contributed by atoms with Crippen LogP contribution in [0.4, 0.5) is 0 Å². The second-order valence-corrected chi connectivity index (χ2v) is 7.77. The normalized spacial score (nSPS) is 17.6. The number of rotatable bonds is 5. The number of nitrogens with one attached hydrogen (secondary N) is 1. The third kappa shape index (κ3) is 3.17. The number of furan rings is 1. The van der Waals surface area contributed by atoms with Crippen LogP contribution in [0.15, 0.2) is 51.8 Å². The molecule has 0 fully saturated rings. The van der Waals surface area contributed by atoms with Gasteiger partial charge in [0.25, 0.3) is 0 Å². The van der Waals surface area contributed by atoms with Gasteiger partial charge in [0.1, 0.15) is 5.76 Å². The van der Waals surface area contributed by atoms with E-state index in [2.05, 4.69) is 39.2 Å². The molecule has 4 heterocycles. The first-order valence-corrected chi connectivity index (χ1v) is 9.70. The van der Waals surface area contributed by atoms with Crippen molar-refractivity contribution in [3.63, 3.8) is 0 Å². The Hall–Kier alpha value is -1.89. The number of thiophene rings is 2. The maximum absolute atomic E-state index is 12.4. The molecule has 0 spiro atoms. The Morgan fingerprint density at radius 2 is 2.21 bits per heavy atom. The largest absolute Gasteiger partial charge is 0.467 e. The van der Waals surface area contributed by atoms with Crippen LogP contribution in [0, 0.1) is 0 Å². The number of hydrogen-bond acceptors (Lipinski definition) is 5. The number of hydrogen-bond donors (Lipinski definition) is 1. The summed E-state index contributed by atoms with van der Waals surface area (Å²) in [5, 5.41) is 7.21. The Balaban J connectivity index is 1.48. The molecule has 0 aromatic carbocycles. The van der Waals surface area contributed by atoms with E-state index in [1.807, 2.05) is 23.5 Å². The van der Waals surface area contributed by atoms with Crippen LogP contribution in [0.3, 0.4) is 0 Å². The lowest BCUT2D eigenvalue weighted by Gasteiger charge is -2.34.